The number of esters is 1. The molecule has 1 heterocycles. The van der Waals surface area contributed by atoms with Gasteiger partial charge in [0, 0.05) is 29.7 Å². The zero-order valence-corrected chi connectivity index (χ0v) is 16.6. The number of nitrogens with two attached hydrogens (primary N) is 1. The minimum Gasteiger partial charge on any atom is -0.459 e. The van der Waals surface area contributed by atoms with Crippen molar-refractivity contribution in [1.29, 1.82) is 0 Å². The first-order valence-corrected chi connectivity index (χ1v) is 8.84. The fraction of sp³-hybridized carbons (Fsp3) is 0.263. The highest BCUT2D eigenvalue weighted by atomic mass is 19.4. The van der Waals surface area contributed by atoms with E-state index in [2.05, 4.69) is 20.5 Å². The molecular weight excluding hydrogens is 444 g/mol. The summed E-state index contributed by atoms with van der Waals surface area (Å²) in [6.07, 6.45) is -5.75. The van der Waals surface area contributed by atoms with Crippen LogP contribution in [0.2, 0.25) is 0 Å². The molecule has 2 aromatic rings. The van der Waals surface area contributed by atoms with Gasteiger partial charge in [-0.2, -0.15) is 31.4 Å². The van der Waals surface area contributed by atoms with Crippen LogP contribution < -0.4 is 11.2 Å². The number of amidine groups is 1. The Morgan fingerprint density at radius 3 is 2.03 bits per heavy atom. The molecule has 0 fully saturated rings. The van der Waals surface area contributed by atoms with Gasteiger partial charge in [-0.15, -0.1) is 0 Å². The lowest BCUT2D eigenvalue weighted by Gasteiger charge is -2.14. The summed E-state index contributed by atoms with van der Waals surface area (Å²) >= 11 is 0. The standard InChI is InChI=1S/C19H17F6N5O2/c1-10(2)32-17(31)15(12-6-27-9-28-7-12)8-29-30-16(26)11-3-13(18(20,21)22)5-14(4-11)19(23,24)25/h3-10,29H,1-2H3,(H2,26,30)/b15-8+. The predicted molar refractivity (Wildman–Crippen MR) is 102 cm³/mol. The minimum atomic E-state index is -5.04. The topological polar surface area (TPSA) is 102 Å². The molecule has 7 nitrogen and oxygen atoms in total. The fourth-order valence-electron chi connectivity index (χ4n) is 2.31. The maximum absolute atomic E-state index is 13.0. The molecule has 32 heavy (non-hydrogen) atoms. The first kappa shape index (κ1) is 24.6. The van der Waals surface area contributed by atoms with E-state index in [1.54, 1.807) is 13.8 Å². The molecule has 0 aliphatic rings. The molecule has 1 aromatic heterocycles. The molecule has 0 unspecified atom stereocenters. The van der Waals surface area contributed by atoms with Crippen LogP contribution in [0.5, 0.6) is 0 Å². The number of hydrogen-bond donors (Lipinski definition) is 2. The highest BCUT2D eigenvalue weighted by Crippen LogP contribution is 2.36. The molecule has 0 aliphatic carbocycles. The molecular formula is C19H17F6N5O2. The van der Waals surface area contributed by atoms with Crippen LogP contribution in [-0.4, -0.2) is 27.9 Å². The molecule has 0 radical (unpaired) electrons. The number of carbonyl (C=O) groups is 1. The maximum Gasteiger partial charge on any atom is 0.416 e. The highest BCUT2D eigenvalue weighted by molar-refractivity contribution is 6.16. The van der Waals surface area contributed by atoms with E-state index < -0.39 is 47.0 Å². The average Bonchev–Trinajstić information content (AvgIpc) is 2.69. The lowest BCUT2D eigenvalue weighted by atomic mass is 10.0. The number of ether oxygens (including phenoxy) is 1. The van der Waals surface area contributed by atoms with Crippen LogP contribution in [-0.2, 0) is 21.9 Å². The molecule has 0 bridgehead atoms. The highest BCUT2D eigenvalue weighted by Gasteiger charge is 2.37. The molecule has 0 saturated carbocycles. The van der Waals surface area contributed by atoms with Crippen LogP contribution in [0.4, 0.5) is 26.3 Å². The molecule has 2 rings (SSSR count). The van der Waals surface area contributed by atoms with Crippen LogP contribution in [0.3, 0.4) is 0 Å². The summed E-state index contributed by atoms with van der Waals surface area (Å²) in [5.74, 6) is -1.48. The van der Waals surface area contributed by atoms with E-state index in [4.69, 9.17) is 10.5 Å². The van der Waals surface area contributed by atoms with E-state index in [0.717, 1.165) is 6.20 Å². The van der Waals surface area contributed by atoms with Gasteiger partial charge in [-0.25, -0.2) is 14.8 Å². The fourth-order valence-corrected chi connectivity index (χ4v) is 2.31. The third-order valence-corrected chi connectivity index (χ3v) is 3.71. The number of nitrogens with zero attached hydrogens (tertiary/aromatic N) is 3. The Morgan fingerprint density at radius 2 is 1.56 bits per heavy atom. The van der Waals surface area contributed by atoms with Crippen molar-refractivity contribution in [3.8, 4) is 0 Å². The molecule has 0 amide bonds. The quantitative estimate of drug-likeness (QED) is 0.170. The molecule has 172 valence electrons. The zero-order chi connectivity index (χ0) is 24.1. The van der Waals surface area contributed by atoms with Gasteiger partial charge in [0.2, 0.25) is 0 Å². The largest absolute Gasteiger partial charge is 0.459 e. The third kappa shape index (κ3) is 6.68. The van der Waals surface area contributed by atoms with Crippen molar-refractivity contribution in [2.45, 2.75) is 32.3 Å². The van der Waals surface area contributed by atoms with Crippen molar-refractivity contribution >= 4 is 17.4 Å². The normalized spacial score (nSPS) is 13.3. The minimum absolute atomic E-state index is 0.0282. The van der Waals surface area contributed by atoms with E-state index in [0.29, 0.717) is 12.1 Å². The summed E-state index contributed by atoms with van der Waals surface area (Å²) in [5.41, 5.74) is 4.23. The monoisotopic (exact) mass is 461 g/mol. The van der Waals surface area contributed by atoms with Gasteiger partial charge >= 0.3 is 18.3 Å². The zero-order valence-electron chi connectivity index (χ0n) is 16.6. The van der Waals surface area contributed by atoms with Crippen molar-refractivity contribution in [3.05, 3.63) is 65.4 Å². The summed E-state index contributed by atoms with van der Waals surface area (Å²) < 4.78 is 83.1. The first-order chi connectivity index (χ1) is 14.8. The van der Waals surface area contributed by atoms with Gasteiger partial charge in [-0.05, 0) is 32.0 Å². The molecule has 0 saturated heterocycles. The summed E-state index contributed by atoms with van der Waals surface area (Å²) in [5, 5.41) is 3.55. The summed E-state index contributed by atoms with van der Waals surface area (Å²) in [4.78, 5) is 19.8. The van der Waals surface area contributed by atoms with Crippen LogP contribution in [0, 0.1) is 0 Å². The number of aromatic nitrogens is 2. The average molecular weight is 461 g/mol. The maximum atomic E-state index is 13.0. The van der Waals surface area contributed by atoms with Crippen molar-refractivity contribution in [3.63, 3.8) is 0 Å². The van der Waals surface area contributed by atoms with Crippen molar-refractivity contribution < 1.29 is 35.9 Å². The van der Waals surface area contributed by atoms with Gasteiger partial charge in [-0.3, -0.25) is 5.43 Å². The second-order valence-electron chi connectivity index (χ2n) is 6.56. The smallest absolute Gasteiger partial charge is 0.416 e. The van der Waals surface area contributed by atoms with Crippen molar-refractivity contribution in [1.82, 2.24) is 15.4 Å². The molecule has 0 spiro atoms. The molecule has 0 atom stereocenters. The Morgan fingerprint density at radius 1 is 1.03 bits per heavy atom. The number of halogens is 6. The molecule has 3 N–H and O–H groups in total. The number of alkyl halides is 6. The predicted octanol–water partition coefficient (Wildman–Crippen LogP) is 3.72. The molecule has 1 aromatic carbocycles. The van der Waals surface area contributed by atoms with Gasteiger partial charge in [-0.1, -0.05) is 0 Å². The lowest BCUT2D eigenvalue weighted by molar-refractivity contribution is -0.143. The number of rotatable bonds is 6. The SMILES string of the molecule is CC(C)OC(=O)/C(=C/N/N=C(\N)c1cc(C(F)(F)F)cc(C(F)(F)F)c1)c1cncnc1. The summed E-state index contributed by atoms with van der Waals surface area (Å²) in [7, 11) is 0. The van der Waals surface area contributed by atoms with Gasteiger partial charge in [0.05, 0.1) is 22.8 Å². The van der Waals surface area contributed by atoms with Crippen LogP contribution >= 0.6 is 0 Å². The molecule has 13 heteroatoms. The summed E-state index contributed by atoms with van der Waals surface area (Å²) in [6, 6.07) is 0.830. The van der Waals surface area contributed by atoms with Crippen LogP contribution in [0.25, 0.3) is 5.57 Å². The number of hydrogen-bond acceptors (Lipinski definition) is 6. The second-order valence-corrected chi connectivity index (χ2v) is 6.56. The van der Waals surface area contributed by atoms with Crippen LogP contribution in [0.1, 0.15) is 36.1 Å². The van der Waals surface area contributed by atoms with Crippen molar-refractivity contribution in [2.24, 2.45) is 10.8 Å². The van der Waals surface area contributed by atoms with Gasteiger partial charge in [0.25, 0.3) is 0 Å². The van der Waals surface area contributed by atoms with Gasteiger partial charge < -0.3 is 10.5 Å². The van der Waals surface area contributed by atoms with E-state index in [1.807, 2.05) is 0 Å². The number of benzene rings is 1. The third-order valence-electron chi connectivity index (χ3n) is 3.71. The lowest BCUT2D eigenvalue weighted by Crippen LogP contribution is -2.21. The van der Waals surface area contributed by atoms with Gasteiger partial charge in [0.15, 0.2) is 5.84 Å². The molecule has 0 aliphatic heterocycles. The second kappa shape index (κ2) is 9.66. The van der Waals surface area contributed by atoms with Crippen molar-refractivity contribution in [2.75, 3.05) is 0 Å². The Labute approximate surface area is 178 Å². The summed E-state index contributed by atoms with van der Waals surface area (Å²) in [6.45, 7) is 3.21. The number of hydrazone groups is 1. The first-order valence-electron chi connectivity index (χ1n) is 8.84. The van der Waals surface area contributed by atoms with E-state index in [1.165, 1.54) is 18.7 Å². The van der Waals surface area contributed by atoms with Crippen LogP contribution in [0.15, 0.2) is 48.2 Å². The Balaban J connectivity index is 2.41. The van der Waals surface area contributed by atoms with Gasteiger partial charge in [0.1, 0.15) is 6.33 Å². The Kier molecular flexibility index (Phi) is 7.44. The van der Waals surface area contributed by atoms with E-state index >= 15 is 0 Å². The van der Waals surface area contributed by atoms with E-state index in [9.17, 15) is 31.1 Å². The Hall–Kier alpha value is -3.64. The number of nitrogens with one attached hydrogen (secondary N) is 1. The Bertz CT molecular complexity index is 985. The number of carbonyl (C=O) groups excluding carboxylic acids is 1. The van der Waals surface area contributed by atoms with E-state index in [-0.39, 0.29) is 17.2 Å².